The van der Waals surface area contributed by atoms with Crippen molar-refractivity contribution in [2.45, 2.75) is 18.5 Å². The molecular formula is C28H24ClN5O2S2. The van der Waals surface area contributed by atoms with Gasteiger partial charge in [-0.05, 0) is 61.0 Å². The molecule has 10 heteroatoms. The van der Waals surface area contributed by atoms with Crippen LogP contribution < -0.4 is 10.1 Å². The molecule has 5 rings (SSSR count). The third-order valence-electron chi connectivity index (χ3n) is 5.50. The number of amides is 1. The number of nitrogens with zero attached hydrogens (tertiary/aromatic N) is 4. The lowest BCUT2D eigenvalue weighted by Gasteiger charge is -2.11. The van der Waals surface area contributed by atoms with Crippen LogP contribution in [0.4, 0.5) is 5.13 Å². The largest absolute Gasteiger partial charge is 0.494 e. The number of benzene rings is 3. The minimum Gasteiger partial charge on any atom is -0.494 e. The number of aromatic nitrogens is 4. The van der Waals surface area contributed by atoms with Gasteiger partial charge in [0.2, 0.25) is 5.91 Å². The Morgan fingerprint density at radius 1 is 1.03 bits per heavy atom. The summed E-state index contributed by atoms with van der Waals surface area (Å²) in [5, 5.41) is 13.7. The van der Waals surface area contributed by atoms with E-state index in [1.807, 2.05) is 90.4 Å². The average molecular weight is 562 g/mol. The van der Waals surface area contributed by atoms with Crippen molar-refractivity contribution in [3.05, 3.63) is 101 Å². The van der Waals surface area contributed by atoms with E-state index in [4.69, 9.17) is 16.3 Å². The first-order valence-electron chi connectivity index (χ1n) is 11.9. The maximum atomic E-state index is 12.8. The summed E-state index contributed by atoms with van der Waals surface area (Å²) in [4.78, 5) is 18.2. The summed E-state index contributed by atoms with van der Waals surface area (Å²) in [5.41, 5.74) is 2.95. The Hall–Kier alpha value is -3.66. The lowest BCUT2D eigenvalue weighted by atomic mass is 10.1. The van der Waals surface area contributed by atoms with Crippen LogP contribution in [0.5, 0.6) is 5.75 Å². The second kappa shape index (κ2) is 12.3. The normalized spacial score (nSPS) is 10.9. The predicted molar refractivity (Wildman–Crippen MR) is 154 cm³/mol. The number of anilines is 1. The van der Waals surface area contributed by atoms with Crippen molar-refractivity contribution in [1.82, 2.24) is 19.7 Å². The van der Waals surface area contributed by atoms with Crippen molar-refractivity contribution in [2.75, 3.05) is 17.7 Å². The Morgan fingerprint density at radius 3 is 2.53 bits per heavy atom. The molecule has 0 aliphatic carbocycles. The molecule has 0 radical (unpaired) electrons. The van der Waals surface area contributed by atoms with E-state index in [0.29, 0.717) is 27.7 Å². The highest BCUT2D eigenvalue weighted by atomic mass is 35.5. The van der Waals surface area contributed by atoms with Crippen molar-refractivity contribution in [1.29, 1.82) is 0 Å². The molecule has 0 fully saturated rings. The summed E-state index contributed by atoms with van der Waals surface area (Å²) in [6, 6.07) is 25.3. The SMILES string of the molecule is CCOc1ccc(-c2nnc(SCC(=O)Nc3ncc(Cc4ccc(Cl)cc4)s3)n2-c2ccccc2)cc1. The van der Waals surface area contributed by atoms with Gasteiger partial charge < -0.3 is 10.1 Å². The second-order valence-corrected chi connectivity index (χ2v) is 10.7. The zero-order chi connectivity index (χ0) is 26.3. The molecule has 192 valence electrons. The van der Waals surface area contributed by atoms with Crippen molar-refractivity contribution >= 4 is 45.7 Å². The fraction of sp³-hybridized carbons (Fsp3) is 0.143. The Morgan fingerprint density at radius 2 is 1.79 bits per heavy atom. The van der Waals surface area contributed by atoms with Crippen LogP contribution in [0.25, 0.3) is 17.1 Å². The van der Waals surface area contributed by atoms with Crippen molar-refractivity contribution in [3.63, 3.8) is 0 Å². The van der Waals surface area contributed by atoms with E-state index in [-0.39, 0.29) is 11.7 Å². The number of ether oxygens (including phenoxy) is 1. The average Bonchev–Trinajstić information content (AvgIpc) is 3.57. The topological polar surface area (TPSA) is 81.9 Å². The van der Waals surface area contributed by atoms with E-state index in [0.717, 1.165) is 33.9 Å². The second-order valence-electron chi connectivity index (χ2n) is 8.21. The molecule has 0 saturated carbocycles. The summed E-state index contributed by atoms with van der Waals surface area (Å²) in [6.07, 6.45) is 2.52. The number of carbonyl (C=O) groups excluding carboxylic acids is 1. The van der Waals surface area contributed by atoms with Gasteiger partial charge in [0.05, 0.1) is 12.4 Å². The zero-order valence-corrected chi connectivity index (χ0v) is 22.9. The van der Waals surface area contributed by atoms with Gasteiger partial charge in [-0.3, -0.25) is 9.36 Å². The molecule has 7 nitrogen and oxygen atoms in total. The molecule has 0 unspecified atom stereocenters. The Bertz CT molecular complexity index is 1500. The van der Waals surface area contributed by atoms with Gasteiger partial charge in [-0.1, -0.05) is 53.7 Å². The molecule has 3 aromatic carbocycles. The number of halogens is 1. The summed E-state index contributed by atoms with van der Waals surface area (Å²) >= 11 is 8.75. The van der Waals surface area contributed by atoms with Gasteiger partial charge in [0.25, 0.3) is 0 Å². The van der Waals surface area contributed by atoms with Gasteiger partial charge in [-0.15, -0.1) is 21.5 Å². The Balaban J connectivity index is 1.28. The van der Waals surface area contributed by atoms with E-state index in [1.54, 1.807) is 6.20 Å². The molecule has 5 aromatic rings. The summed E-state index contributed by atoms with van der Waals surface area (Å²) < 4.78 is 7.53. The molecule has 0 bridgehead atoms. The molecule has 1 N–H and O–H groups in total. The van der Waals surface area contributed by atoms with Crippen LogP contribution in [0.3, 0.4) is 0 Å². The number of nitrogens with one attached hydrogen (secondary N) is 1. The zero-order valence-electron chi connectivity index (χ0n) is 20.5. The standard InChI is InChI=1S/C28H24ClN5O2S2/c1-2-36-23-14-10-20(11-15-23)26-32-33-28(34(26)22-6-4-3-5-7-22)37-18-25(35)31-27-30-17-24(38-27)16-19-8-12-21(29)13-9-19/h3-15,17H,2,16,18H2,1H3,(H,30,31,35). The molecular weight excluding hydrogens is 538 g/mol. The predicted octanol–water partition coefficient (Wildman–Crippen LogP) is 6.76. The number of rotatable bonds is 10. The third-order valence-corrected chi connectivity index (χ3v) is 7.59. The number of para-hydroxylation sites is 1. The number of carbonyl (C=O) groups is 1. The van der Waals surface area contributed by atoms with E-state index in [9.17, 15) is 4.79 Å². The fourth-order valence-electron chi connectivity index (χ4n) is 3.76. The summed E-state index contributed by atoms with van der Waals surface area (Å²) in [7, 11) is 0. The van der Waals surface area contributed by atoms with Gasteiger partial charge in [-0.2, -0.15) is 0 Å². The van der Waals surface area contributed by atoms with E-state index < -0.39 is 0 Å². The van der Waals surface area contributed by atoms with Crippen LogP contribution in [0.1, 0.15) is 17.4 Å². The number of thiazole rings is 1. The number of thioether (sulfide) groups is 1. The molecule has 0 aliphatic heterocycles. The smallest absolute Gasteiger partial charge is 0.236 e. The molecule has 0 spiro atoms. The third kappa shape index (κ3) is 6.42. The van der Waals surface area contributed by atoms with Crippen LogP contribution in [0.2, 0.25) is 5.02 Å². The molecule has 0 atom stereocenters. The molecule has 38 heavy (non-hydrogen) atoms. The highest BCUT2D eigenvalue weighted by Crippen LogP contribution is 2.29. The van der Waals surface area contributed by atoms with Gasteiger partial charge in [0.15, 0.2) is 16.1 Å². The fourth-order valence-corrected chi connectivity index (χ4v) is 5.50. The molecule has 1 amide bonds. The maximum absolute atomic E-state index is 12.8. The minimum absolute atomic E-state index is 0.160. The summed E-state index contributed by atoms with van der Waals surface area (Å²) in [6.45, 7) is 2.56. The van der Waals surface area contributed by atoms with Gasteiger partial charge in [0, 0.05) is 33.8 Å². The van der Waals surface area contributed by atoms with Crippen molar-refractivity contribution in [2.24, 2.45) is 0 Å². The molecule has 0 aliphatic rings. The van der Waals surface area contributed by atoms with Gasteiger partial charge in [-0.25, -0.2) is 4.98 Å². The van der Waals surface area contributed by atoms with Crippen LogP contribution in [-0.2, 0) is 11.2 Å². The summed E-state index contributed by atoms with van der Waals surface area (Å²) in [5.74, 6) is 1.49. The minimum atomic E-state index is -0.160. The van der Waals surface area contributed by atoms with Gasteiger partial charge >= 0.3 is 0 Å². The first kappa shape index (κ1) is 26.0. The lowest BCUT2D eigenvalue weighted by Crippen LogP contribution is -2.14. The monoisotopic (exact) mass is 561 g/mol. The van der Waals surface area contributed by atoms with Crippen molar-refractivity contribution < 1.29 is 9.53 Å². The highest BCUT2D eigenvalue weighted by molar-refractivity contribution is 7.99. The Labute approximate surface area is 233 Å². The first-order chi connectivity index (χ1) is 18.6. The molecule has 2 heterocycles. The van der Waals surface area contributed by atoms with E-state index in [2.05, 4.69) is 20.5 Å². The van der Waals surface area contributed by atoms with Crippen LogP contribution >= 0.6 is 34.7 Å². The van der Waals surface area contributed by atoms with Crippen LogP contribution in [0, 0.1) is 0 Å². The van der Waals surface area contributed by atoms with E-state index in [1.165, 1.54) is 23.1 Å². The lowest BCUT2D eigenvalue weighted by molar-refractivity contribution is -0.113. The molecule has 2 aromatic heterocycles. The van der Waals surface area contributed by atoms with Gasteiger partial charge in [0.1, 0.15) is 5.75 Å². The quantitative estimate of drug-likeness (QED) is 0.190. The number of hydrogen-bond acceptors (Lipinski definition) is 7. The Kier molecular flexibility index (Phi) is 8.37. The van der Waals surface area contributed by atoms with Crippen LogP contribution in [0.15, 0.2) is 90.2 Å². The van der Waals surface area contributed by atoms with E-state index >= 15 is 0 Å². The highest BCUT2D eigenvalue weighted by Gasteiger charge is 2.18. The molecule has 0 saturated heterocycles. The number of hydrogen-bond donors (Lipinski definition) is 1. The maximum Gasteiger partial charge on any atom is 0.236 e. The van der Waals surface area contributed by atoms with Crippen molar-refractivity contribution in [3.8, 4) is 22.8 Å². The first-order valence-corrected chi connectivity index (χ1v) is 14.1. The van der Waals surface area contributed by atoms with Crippen LogP contribution in [-0.4, -0.2) is 38.0 Å².